The summed E-state index contributed by atoms with van der Waals surface area (Å²) in [5.41, 5.74) is 2.53. The van der Waals surface area contributed by atoms with Crippen LogP contribution < -0.4 is 11.2 Å². The van der Waals surface area contributed by atoms with Gasteiger partial charge in [0, 0.05) is 24.2 Å². The van der Waals surface area contributed by atoms with Crippen LogP contribution >= 0.6 is 0 Å². The number of benzene rings is 1. The molecule has 2 aliphatic rings. The lowest BCUT2D eigenvalue weighted by Crippen LogP contribution is -2.51. The molecule has 16 heavy (non-hydrogen) atoms. The summed E-state index contributed by atoms with van der Waals surface area (Å²) in [7, 11) is 0. The second kappa shape index (κ2) is 3.48. The van der Waals surface area contributed by atoms with Gasteiger partial charge in [0.05, 0.1) is 6.07 Å². The Bertz CT molecular complexity index is 451. The number of para-hydroxylation sites is 1. The van der Waals surface area contributed by atoms with Crippen molar-refractivity contribution in [2.45, 2.75) is 24.4 Å². The van der Waals surface area contributed by atoms with Crippen molar-refractivity contribution in [1.82, 2.24) is 5.01 Å². The Morgan fingerprint density at radius 2 is 2.25 bits per heavy atom. The van der Waals surface area contributed by atoms with E-state index in [4.69, 9.17) is 11.1 Å². The highest BCUT2D eigenvalue weighted by molar-refractivity contribution is 5.59. The minimum atomic E-state index is -0.164. The van der Waals surface area contributed by atoms with Gasteiger partial charge in [-0.2, -0.15) is 5.26 Å². The van der Waals surface area contributed by atoms with E-state index >= 15 is 0 Å². The number of nitriles is 1. The van der Waals surface area contributed by atoms with E-state index < -0.39 is 0 Å². The molecule has 1 aromatic rings. The number of nitrogens with zero attached hydrogens (tertiary/aromatic N) is 2. The summed E-state index contributed by atoms with van der Waals surface area (Å²) in [5, 5.41) is 14.2. The Hall–Kier alpha value is -1.57. The van der Waals surface area contributed by atoms with Gasteiger partial charge in [-0.25, -0.2) is 5.01 Å². The van der Waals surface area contributed by atoms with Gasteiger partial charge in [-0.15, -0.1) is 0 Å². The standard InChI is InChI=1S/C12H14N4/c13-6-8-5-12-10(7-16(8)14)9-3-1-2-4-11(9)15-12/h1-4,8,10,12,15H,5,7,14H2. The van der Waals surface area contributed by atoms with Gasteiger partial charge >= 0.3 is 0 Å². The number of hydrazine groups is 1. The zero-order valence-electron chi connectivity index (χ0n) is 8.93. The highest BCUT2D eigenvalue weighted by Crippen LogP contribution is 2.40. The van der Waals surface area contributed by atoms with Gasteiger partial charge in [-0.3, -0.25) is 5.84 Å². The molecule has 1 fully saturated rings. The highest BCUT2D eigenvalue weighted by atomic mass is 15.4. The van der Waals surface area contributed by atoms with Crippen LogP contribution in [0, 0.1) is 11.3 Å². The molecule has 0 aliphatic carbocycles. The molecule has 4 heteroatoms. The monoisotopic (exact) mass is 214 g/mol. The van der Waals surface area contributed by atoms with Gasteiger partial charge < -0.3 is 5.32 Å². The van der Waals surface area contributed by atoms with E-state index in [-0.39, 0.29) is 6.04 Å². The fraction of sp³-hybridized carbons (Fsp3) is 0.417. The van der Waals surface area contributed by atoms with Crippen molar-refractivity contribution in [3.8, 4) is 6.07 Å². The number of hydrogen-bond acceptors (Lipinski definition) is 4. The van der Waals surface area contributed by atoms with E-state index in [2.05, 4.69) is 29.6 Å². The molecule has 3 rings (SSSR count). The number of nitrogens with one attached hydrogen (secondary N) is 1. The van der Waals surface area contributed by atoms with Gasteiger partial charge in [0.1, 0.15) is 6.04 Å². The molecule has 0 aromatic heterocycles. The Morgan fingerprint density at radius 3 is 3.06 bits per heavy atom. The van der Waals surface area contributed by atoms with E-state index in [0.717, 1.165) is 13.0 Å². The van der Waals surface area contributed by atoms with Gasteiger partial charge in [-0.1, -0.05) is 18.2 Å². The van der Waals surface area contributed by atoms with Gasteiger partial charge in [0.2, 0.25) is 0 Å². The first-order valence-corrected chi connectivity index (χ1v) is 5.56. The van der Waals surface area contributed by atoms with Crippen LogP contribution in [-0.4, -0.2) is 23.6 Å². The number of fused-ring (bicyclic) bond motifs is 3. The van der Waals surface area contributed by atoms with Crippen molar-refractivity contribution in [3.63, 3.8) is 0 Å². The first-order chi connectivity index (χ1) is 7.79. The largest absolute Gasteiger partial charge is 0.381 e. The van der Waals surface area contributed by atoms with Crippen LogP contribution in [0.1, 0.15) is 17.9 Å². The van der Waals surface area contributed by atoms with Gasteiger partial charge in [0.15, 0.2) is 0 Å². The molecule has 0 radical (unpaired) electrons. The fourth-order valence-corrected chi connectivity index (χ4v) is 2.77. The molecule has 0 saturated carbocycles. The number of piperidine rings is 1. The Kier molecular flexibility index (Phi) is 2.10. The van der Waals surface area contributed by atoms with Crippen LogP contribution in [0.2, 0.25) is 0 Å². The molecule has 82 valence electrons. The van der Waals surface area contributed by atoms with Crippen molar-refractivity contribution >= 4 is 5.69 Å². The van der Waals surface area contributed by atoms with E-state index in [9.17, 15) is 0 Å². The van der Waals surface area contributed by atoms with Crippen molar-refractivity contribution in [2.24, 2.45) is 5.84 Å². The first kappa shape index (κ1) is 9.64. The van der Waals surface area contributed by atoms with Crippen LogP contribution in [0.25, 0.3) is 0 Å². The third-order valence-corrected chi connectivity index (χ3v) is 3.62. The van der Waals surface area contributed by atoms with E-state index in [0.29, 0.717) is 12.0 Å². The normalized spacial score (nSPS) is 32.4. The van der Waals surface area contributed by atoms with E-state index in [1.54, 1.807) is 5.01 Å². The van der Waals surface area contributed by atoms with Crippen molar-refractivity contribution in [3.05, 3.63) is 29.8 Å². The van der Waals surface area contributed by atoms with E-state index in [1.807, 2.05) is 6.07 Å². The second-order valence-corrected chi connectivity index (χ2v) is 4.52. The summed E-state index contributed by atoms with van der Waals surface area (Å²) < 4.78 is 0. The number of rotatable bonds is 0. The third-order valence-electron chi connectivity index (χ3n) is 3.62. The average molecular weight is 214 g/mol. The fourth-order valence-electron chi connectivity index (χ4n) is 2.77. The summed E-state index contributed by atoms with van der Waals surface area (Å²) >= 11 is 0. The number of hydrogen-bond donors (Lipinski definition) is 2. The summed E-state index contributed by atoms with van der Waals surface area (Å²) in [6.07, 6.45) is 0.798. The predicted molar refractivity (Wildman–Crippen MR) is 61.5 cm³/mol. The Balaban J connectivity index is 1.92. The SMILES string of the molecule is N#CC1CC2Nc3ccccc3C2CN1N. The maximum atomic E-state index is 9.00. The minimum absolute atomic E-state index is 0.164. The second-order valence-electron chi connectivity index (χ2n) is 4.52. The molecule has 0 bridgehead atoms. The number of anilines is 1. The molecule has 2 heterocycles. The van der Waals surface area contributed by atoms with Crippen molar-refractivity contribution in [1.29, 1.82) is 5.26 Å². The molecule has 1 aromatic carbocycles. The van der Waals surface area contributed by atoms with Crippen LogP contribution in [0.4, 0.5) is 5.69 Å². The summed E-state index contributed by atoms with van der Waals surface area (Å²) in [6, 6.07) is 10.8. The molecule has 4 nitrogen and oxygen atoms in total. The molecule has 0 spiro atoms. The first-order valence-electron chi connectivity index (χ1n) is 5.56. The highest BCUT2D eigenvalue weighted by Gasteiger charge is 2.39. The lowest BCUT2D eigenvalue weighted by atomic mass is 9.87. The van der Waals surface area contributed by atoms with E-state index in [1.165, 1.54) is 11.3 Å². The third kappa shape index (κ3) is 1.29. The average Bonchev–Trinajstić information content (AvgIpc) is 2.66. The van der Waals surface area contributed by atoms with Crippen LogP contribution in [0.3, 0.4) is 0 Å². The molecule has 3 N–H and O–H groups in total. The van der Waals surface area contributed by atoms with Gasteiger partial charge in [0.25, 0.3) is 0 Å². The maximum absolute atomic E-state index is 9.00. The molecule has 3 unspecified atom stereocenters. The Morgan fingerprint density at radius 1 is 1.44 bits per heavy atom. The van der Waals surface area contributed by atoms with Crippen LogP contribution in [0.15, 0.2) is 24.3 Å². The summed E-state index contributed by atoms with van der Waals surface area (Å²) in [6.45, 7) is 0.757. The van der Waals surface area contributed by atoms with Crippen LogP contribution in [-0.2, 0) is 0 Å². The summed E-state index contributed by atoms with van der Waals surface area (Å²) in [5.74, 6) is 6.31. The topological polar surface area (TPSA) is 65.1 Å². The quantitative estimate of drug-likeness (QED) is 0.633. The Labute approximate surface area is 94.6 Å². The number of nitrogens with two attached hydrogens (primary N) is 1. The minimum Gasteiger partial charge on any atom is -0.381 e. The lowest BCUT2D eigenvalue weighted by molar-refractivity contribution is 0.164. The lowest BCUT2D eigenvalue weighted by Gasteiger charge is -2.35. The van der Waals surface area contributed by atoms with Crippen molar-refractivity contribution < 1.29 is 0 Å². The summed E-state index contributed by atoms with van der Waals surface area (Å²) in [4.78, 5) is 0. The predicted octanol–water partition coefficient (Wildman–Crippen LogP) is 1.04. The smallest absolute Gasteiger partial charge is 0.113 e. The molecular formula is C12H14N4. The molecule has 2 aliphatic heterocycles. The molecule has 1 saturated heterocycles. The van der Waals surface area contributed by atoms with Crippen LogP contribution in [0.5, 0.6) is 0 Å². The molecule has 0 amide bonds. The van der Waals surface area contributed by atoms with Crippen molar-refractivity contribution in [2.75, 3.05) is 11.9 Å². The zero-order chi connectivity index (χ0) is 11.1. The maximum Gasteiger partial charge on any atom is 0.113 e. The zero-order valence-corrected chi connectivity index (χ0v) is 8.93. The van der Waals surface area contributed by atoms with Gasteiger partial charge in [-0.05, 0) is 18.1 Å². The molecule has 3 atom stereocenters. The molecular weight excluding hydrogens is 200 g/mol.